The summed E-state index contributed by atoms with van der Waals surface area (Å²) in [7, 11) is -2.59. The Morgan fingerprint density at radius 3 is 2.53 bits per heavy atom. The molecule has 0 aromatic heterocycles. The lowest BCUT2D eigenvalue weighted by atomic mass is 10.2. The van der Waals surface area contributed by atoms with Crippen LogP contribution in [-0.2, 0) is 20.4 Å². The average Bonchev–Trinajstić information content (AvgIpc) is 2.25. The quantitative estimate of drug-likeness (QED) is 0.600. The number of benzene rings is 1. The van der Waals surface area contributed by atoms with Gasteiger partial charge in [0.2, 0.25) is 0 Å². The van der Waals surface area contributed by atoms with Crippen molar-refractivity contribution in [2.75, 3.05) is 12.9 Å². The van der Waals surface area contributed by atoms with Crippen LogP contribution in [0, 0.1) is 10.1 Å². The first-order valence-electron chi connectivity index (χ1n) is 4.98. The van der Waals surface area contributed by atoms with Gasteiger partial charge in [0.05, 0.1) is 23.9 Å². The van der Waals surface area contributed by atoms with Gasteiger partial charge in [0.25, 0.3) is 5.69 Å². The van der Waals surface area contributed by atoms with E-state index in [1.807, 2.05) is 0 Å². The number of ether oxygens (including phenoxy) is 1. The van der Waals surface area contributed by atoms with Crippen LogP contribution in [0.1, 0.15) is 5.56 Å². The molecule has 0 amide bonds. The Kier molecular flexibility index (Phi) is 4.43. The highest BCUT2D eigenvalue weighted by molar-refractivity contribution is 7.91. The van der Waals surface area contributed by atoms with Crippen LogP contribution in [0.4, 0.5) is 5.69 Å². The van der Waals surface area contributed by atoms with E-state index in [9.17, 15) is 23.3 Å². The summed E-state index contributed by atoms with van der Waals surface area (Å²) in [4.78, 5) is 20.4. The van der Waals surface area contributed by atoms with Gasteiger partial charge in [-0.3, -0.25) is 14.9 Å². The predicted molar refractivity (Wildman–Crippen MR) is 64.8 cm³/mol. The number of carboxylic acid groups (broad SMARTS) is 1. The number of rotatable bonds is 6. The number of carboxylic acids is 1. The Hall–Kier alpha value is -2.16. The topological polar surface area (TPSA) is 124 Å². The number of aliphatic carboxylic acids is 1. The molecule has 104 valence electrons. The van der Waals surface area contributed by atoms with Gasteiger partial charge in [-0.15, -0.1) is 0 Å². The summed E-state index contributed by atoms with van der Waals surface area (Å²) >= 11 is 0. The van der Waals surface area contributed by atoms with E-state index in [1.54, 1.807) is 0 Å². The fourth-order valence-electron chi connectivity index (χ4n) is 1.44. The van der Waals surface area contributed by atoms with Gasteiger partial charge in [-0.2, -0.15) is 0 Å². The minimum absolute atomic E-state index is 0.104. The van der Waals surface area contributed by atoms with Crippen LogP contribution in [0.25, 0.3) is 0 Å². The molecular weight excluding hydrogens is 278 g/mol. The number of non-ortho nitro benzene ring substituents is 1. The lowest BCUT2D eigenvalue weighted by Gasteiger charge is -2.05. The third kappa shape index (κ3) is 4.54. The van der Waals surface area contributed by atoms with E-state index in [0.717, 1.165) is 12.1 Å². The number of nitro benzene ring substituents is 1. The van der Waals surface area contributed by atoms with Gasteiger partial charge in [0.1, 0.15) is 11.5 Å². The van der Waals surface area contributed by atoms with Crippen LogP contribution in [0.15, 0.2) is 18.2 Å². The molecule has 0 bridgehead atoms. The molecule has 0 spiro atoms. The van der Waals surface area contributed by atoms with Crippen molar-refractivity contribution in [3.05, 3.63) is 33.9 Å². The Labute approximate surface area is 108 Å². The second-order valence-electron chi connectivity index (χ2n) is 3.72. The number of hydrogen-bond donors (Lipinski definition) is 1. The van der Waals surface area contributed by atoms with Gasteiger partial charge >= 0.3 is 5.97 Å². The second kappa shape index (κ2) is 5.65. The highest BCUT2D eigenvalue weighted by Crippen LogP contribution is 2.23. The molecule has 0 atom stereocenters. The SMILES string of the molecule is COc1cc(CS(=O)(=O)CC(=O)O)cc([N+](=O)[O-])c1. The van der Waals surface area contributed by atoms with Crippen molar-refractivity contribution in [2.45, 2.75) is 5.75 Å². The molecular formula is C10H11NO7S. The molecule has 0 unspecified atom stereocenters. The fraction of sp³-hybridized carbons (Fsp3) is 0.300. The molecule has 1 N–H and O–H groups in total. The van der Waals surface area contributed by atoms with E-state index >= 15 is 0 Å². The zero-order valence-corrected chi connectivity index (χ0v) is 10.7. The normalized spacial score (nSPS) is 11.0. The molecule has 0 saturated carbocycles. The molecule has 0 aliphatic heterocycles. The first-order valence-corrected chi connectivity index (χ1v) is 6.80. The second-order valence-corrected chi connectivity index (χ2v) is 5.79. The van der Waals surface area contributed by atoms with Crippen molar-refractivity contribution < 1.29 is 28.0 Å². The predicted octanol–water partition coefficient (Wildman–Crippen LogP) is 0.603. The Balaban J connectivity index is 3.10. The van der Waals surface area contributed by atoms with Crippen LogP contribution >= 0.6 is 0 Å². The molecule has 1 aromatic carbocycles. The summed E-state index contributed by atoms with van der Waals surface area (Å²) in [6.07, 6.45) is 0. The van der Waals surface area contributed by atoms with E-state index < -0.39 is 32.2 Å². The van der Waals surface area contributed by atoms with Gasteiger partial charge in [-0.1, -0.05) is 0 Å². The van der Waals surface area contributed by atoms with Crippen molar-refractivity contribution in [3.8, 4) is 5.75 Å². The summed E-state index contributed by atoms with van der Waals surface area (Å²) in [6, 6.07) is 3.53. The molecule has 0 heterocycles. The number of carbonyl (C=O) groups is 1. The van der Waals surface area contributed by atoms with Gasteiger partial charge in [-0.25, -0.2) is 8.42 Å². The molecule has 0 aliphatic carbocycles. The van der Waals surface area contributed by atoms with Crippen LogP contribution in [0.2, 0.25) is 0 Å². The lowest BCUT2D eigenvalue weighted by molar-refractivity contribution is -0.385. The maximum absolute atomic E-state index is 11.5. The molecule has 0 radical (unpaired) electrons. The molecule has 1 rings (SSSR count). The molecule has 0 fully saturated rings. The molecule has 0 aliphatic rings. The minimum atomic E-state index is -3.88. The third-order valence-electron chi connectivity index (χ3n) is 2.13. The van der Waals surface area contributed by atoms with Crippen LogP contribution < -0.4 is 4.74 Å². The summed E-state index contributed by atoms with van der Waals surface area (Å²) in [5.41, 5.74) is -0.216. The van der Waals surface area contributed by atoms with Crippen LogP contribution in [-0.4, -0.2) is 37.3 Å². The van der Waals surface area contributed by atoms with Gasteiger partial charge in [0, 0.05) is 6.07 Å². The maximum atomic E-state index is 11.5. The summed E-state index contributed by atoms with van der Waals surface area (Å²) < 4.78 is 27.8. The average molecular weight is 289 g/mol. The van der Waals surface area contributed by atoms with Crippen LogP contribution in [0.3, 0.4) is 0 Å². The monoisotopic (exact) mass is 289 g/mol. The number of hydrogen-bond acceptors (Lipinski definition) is 6. The molecule has 0 saturated heterocycles. The Morgan fingerprint density at radius 2 is 2.05 bits per heavy atom. The standard InChI is InChI=1S/C10H11NO7S/c1-18-9-3-7(2-8(4-9)11(14)15)5-19(16,17)6-10(12)13/h2-4H,5-6H2,1H3,(H,12,13). The number of methoxy groups -OCH3 is 1. The minimum Gasteiger partial charge on any atom is -0.496 e. The Morgan fingerprint density at radius 1 is 1.42 bits per heavy atom. The highest BCUT2D eigenvalue weighted by Gasteiger charge is 2.19. The number of sulfone groups is 1. The van der Waals surface area contributed by atoms with E-state index in [-0.39, 0.29) is 17.0 Å². The van der Waals surface area contributed by atoms with Crippen molar-refractivity contribution in [3.63, 3.8) is 0 Å². The fourth-order valence-corrected chi connectivity index (χ4v) is 2.60. The molecule has 1 aromatic rings. The van der Waals surface area contributed by atoms with Crippen molar-refractivity contribution >= 4 is 21.5 Å². The number of nitrogens with zero attached hydrogens (tertiary/aromatic N) is 1. The van der Waals surface area contributed by atoms with Crippen molar-refractivity contribution in [2.24, 2.45) is 0 Å². The first kappa shape index (κ1) is 14.9. The third-order valence-corrected chi connectivity index (χ3v) is 3.59. The van der Waals surface area contributed by atoms with E-state index in [0.29, 0.717) is 0 Å². The van der Waals surface area contributed by atoms with Crippen molar-refractivity contribution in [1.82, 2.24) is 0 Å². The highest BCUT2D eigenvalue weighted by atomic mass is 32.2. The zero-order chi connectivity index (χ0) is 14.6. The largest absolute Gasteiger partial charge is 0.496 e. The zero-order valence-electron chi connectivity index (χ0n) is 9.90. The van der Waals surface area contributed by atoms with E-state index in [4.69, 9.17) is 9.84 Å². The van der Waals surface area contributed by atoms with E-state index in [1.165, 1.54) is 13.2 Å². The molecule has 19 heavy (non-hydrogen) atoms. The summed E-state index contributed by atoms with van der Waals surface area (Å²) in [6.45, 7) is 0. The van der Waals surface area contributed by atoms with Crippen molar-refractivity contribution in [1.29, 1.82) is 0 Å². The van der Waals surface area contributed by atoms with E-state index in [2.05, 4.69) is 0 Å². The summed E-state index contributed by atoms with van der Waals surface area (Å²) in [5, 5.41) is 19.1. The lowest BCUT2D eigenvalue weighted by Crippen LogP contribution is -2.17. The Bertz CT molecular complexity index is 608. The first-order chi connectivity index (χ1) is 8.73. The number of nitro groups is 1. The molecule has 9 heteroatoms. The van der Waals surface area contributed by atoms with Gasteiger partial charge in [-0.05, 0) is 11.6 Å². The smallest absolute Gasteiger partial charge is 0.318 e. The molecule has 8 nitrogen and oxygen atoms in total. The van der Waals surface area contributed by atoms with Gasteiger partial charge < -0.3 is 9.84 Å². The summed E-state index contributed by atoms with van der Waals surface area (Å²) in [5.74, 6) is -2.97. The van der Waals surface area contributed by atoms with Gasteiger partial charge in [0.15, 0.2) is 9.84 Å². The van der Waals surface area contributed by atoms with Crippen LogP contribution in [0.5, 0.6) is 5.75 Å². The maximum Gasteiger partial charge on any atom is 0.318 e.